The van der Waals surface area contributed by atoms with Crippen LogP contribution in [0.25, 0.3) is 27.5 Å². The zero-order valence-corrected chi connectivity index (χ0v) is 31.4. The summed E-state index contributed by atoms with van der Waals surface area (Å²) in [6, 6.07) is 26.9. The number of rotatable bonds is 11. The number of hydrogen-bond acceptors (Lipinski definition) is 6. The highest BCUT2D eigenvalue weighted by Crippen LogP contribution is 2.66. The molecule has 0 saturated heterocycles. The molecule has 4 aliphatic carbocycles. The Bertz CT molecular complexity index is 2080. The van der Waals surface area contributed by atoms with E-state index in [4.69, 9.17) is 9.47 Å². The fourth-order valence-electron chi connectivity index (χ4n) is 10.7. The summed E-state index contributed by atoms with van der Waals surface area (Å²) in [6.45, 7) is 5.37. The maximum Gasteiger partial charge on any atom is 0.306 e. The number of ether oxygens (including phenoxy) is 2. The molecule has 54 heavy (non-hydrogen) atoms. The molecule has 0 bridgehead atoms. The number of amides is 1. The molecule has 7 heteroatoms. The van der Waals surface area contributed by atoms with Crippen LogP contribution in [0.15, 0.2) is 109 Å². The number of fused-ring (bicyclic) bond motifs is 6. The van der Waals surface area contributed by atoms with Crippen molar-refractivity contribution in [2.75, 3.05) is 6.73 Å². The summed E-state index contributed by atoms with van der Waals surface area (Å²) in [5.41, 5.74) is 7.65. The fraction of sp³-hybridized carbons (Fsp3) is 0.404. The number of pyridine rings is 1. The Morgan fingerprint density at radius 3 is 2.48 bits per heavy atom. The number of hydrogen-bond donors (Lipinski definition) is 0. The van der Waals surface area contributed by atoms with Crippen molar-refractivity contribution in [3.8, 4) is 11.1 Å². The standard InChI is InChI=1S/C47H50N2O5/c1-46-24-22-37(27-36(46)16-17-40-42-19-18-41(35-9-6-26-48-28-35)47(42,2)25-23-43(40)46)54-45(52)21-20-44(51)49(30-53-31-50)29-32-12-14-34(15-13-32)39-11-5-8-33-7-3-4-10-38(33)39/h3-16,18,26,28,31,37,40,42-43H,17,19-25,27,29-30H2,1-2H3/t37-,40-,42-,43-,46-,47+/m0/s1. The van der Waals surface area contributed by atoms with Gasteiger partial charge in [-0.05, 0) is 112 Å². The number of allylic oxidation sites excluding steroid dienone is 3. The number of carbonyl (C=O) groups excluding carboxylic acids is 3. The molecular weight excluding hydrogens is 673 g/mol. The van der Waals surface area contributed by atoms with Crippen LogP contribution in [0.3, 0.4) is 0 Å². The molecule has 6 atom stereocenters. The van der Waals surface area contributed by atoms with Crippen LogP contribution in [0.2, 0.25) is 0 Å². The molecule has 2 saturated carbocycles. The molecule has 0 N–H and O–H groups in total. The van der Waals surface area contributed by atoms with Gasteiger partial charge in [-0.2, -0.15) is 0 Å². The number of esters is 1. The van der Waals surface area contributed by atoms with Crippen molar-refractivity contribution in [2.24, 2.45) is 28.6 Å². The minimum Gasteiger partial charge on any atom is -0.462 e. The largest absolute Gasteiger partial charge is 0.462 e. The van der Waals surface area contributed by atoms with Gasteiger partial charge >= 0.3 is 5.97 Å². The van der Waals surface area contributed by atoms with E-state index in [1.54, 1.807) is 0 Å². The van der Waals surface area contributed by atoms with Gasteiger partial charge in [-0.15, -0.1) is 0 Å². The van der Waals surface area contributed by atoms with Crippen LogP contribution in [-0.2, 0) is 30.4 Å². The highest BCUT2D eigenvalue weighted by atomic mass is 16.5. The van der Waals surface area contributed by atoms with Crippen molar-refractivity contribution in [1.29, 1.82) is 0 Å². The summed E-state index contributed by atoms with van der Waals surface area (Å²) in [5, 5.41) is 2.35. The topological polar surface area (TPSA) is 85.8 Å². The van der Waals surface area contributed by atoms with E-state index in [1.807, 2.05) is 54.9 Å². The lowest BCUT2D eigenvalue weighted by Crippen LogP contribution is -2.50. The predicted octanol–water partition coefficient (Wildman–Crippen LogP) is 9.71. The van der Waals surface area contributed by atoms with E-state index in [-0.39, 0.29) is 54.9 Å². The van der Waals surface area contributed by atoms with Gasteiger partial charge in [0.25, 0.3) is 6.47 Å². The highest BCUT2D eigenvalue weighted by Gasteiger charge is 2.57. The van der Waals surface area contributed by atoms with Gasteiger partial charge < -0.3 is 14.4 Å². The molecule has 8 rings (SSSR count). The first kappa shape index (κ1) is 36.0. The van der Waals surface area contributed by atoms with Crippen LogP contribution in [-0.4, -0.2) is 41.1 Å². The smallest absolute Gasteiger partial charge is 0.306 e. The van der Waals surface area contributed by atoms with Gasteiger partial charge in [0.15, 0.2) is 6.73 Å². The number of benzene rings is 3. The van der Waals surface area contributed by atoms with Gasteiger partial charge in [-0.25, -0.2) is 0 Å². The average Bonchev–Trinajstić information content (AvgIpc) is 3.56. The predicted molar refractivity (Wildman–Crippen MR) is 210 cm³/mol. The van der Waals surface area contributed by atoms with Crippen LogP contribution in [0.1, 0.15) is 82.8 Å². The Kier molecular flexibility index (Phi) is 9.99. The molecule has 278 valence electrons. The molecular formula is C47H50N2O5. The van der Waals surface area contributed by atoms with Crippen LogP contribution >= 0.6 is 0 Å². The van der Waals surface area contributed by atoms with E-state index in [0.717, 1.165) is 48.8 Å². The second-order valence-electron chi connectivity index (χ2n) is 16.4. The number of aromatic nitrogens is 1. The van der Waals surface area contributed by atoms with Crippen molar-refractivity contribution in [3.05, 3.63) is 120 Å². The third kappa shape index (κ3) is 6.78. The zero-order valence-electron chi connectivity index (χ0n) is 31.4. The third-order valence-corrected chi connectivity index (χ3v) is 13.5. The lowest BCUT2D eigenvalue weighted by Gasteiger charge is -2.57. The average molecular weight is 723 g/mol. The Hall–Kier alpha value is -5.04. The lowest BCUT2D eigenvalue weighted by molar-refractivity contribution is -0.154. The molecule has 4 aliphatic rings. The van der Waals surface area contributed by atoms with Crippen LogP contribution in [0.4, 0.5) is 0 Å². The van der Waals surface area contributed by atoms with E-state index in [1.165, 1.54) is 45.2 Å². The third-order valence-electron chi connectivity index (χ3n) is 13.5. The van der Waals surface area contributed by atoms with E-state index in [2.05, 4.69) is 67.4 Å². The summed E-state index contributed by atoms with van der Waals surface area (Å²) in [5.74, 6) is 1.32. The number of carbonyl (C=O) groups is 3. The van der Waals surface area contributed by atoms with Gasteiger partial charge in [-0.1, -0.05) is 104 Å². The summed E-state index contributed by atoms with van der Waals surface area (Å²) < 4.78 is 11.0. The zero-order chi connectivity index (χ0) is 37.3. The summed E-state index contributed by atoms with van der Waals surface area (Å²) >= 11 is 0. The van der Waals surface area contributed by atoms with Gasteiger partial charge in [0, 0.05) is 31.8 Å². The second-order valence-corrected chi connectivity index (χ2v) is 16.4. The summed E-state index contributed by atoms with van der Waals surface area (Å²) in [4.78, 5) is 43.5. The van der Waals surface area contributed by atoms with Gasteiger partial charge in [0.05, 0.1) is 6.42 Å². The van der Waals surface area contributed by atoms with E-state index >= 15 is 0 Å². The maximum absolute atomic E-state index is 13.4. The molecule has 1 amide bonds. The monoisotopic (exact) mass is 722 g/mol. The van der Waals surface area contributed by atoms with E-state index in [0.29, 0.717) is 24.2 Å². The molecule has 7 nitrogen and oxygen atoms in total. The Labute approximate surface area is 318 Å². The van der Waals surface area contributed by atoms with E-state index in [9.17, 15) is 14.4 Å². The normalized spacial score (nSPS) is 27.1. The first-order valence-corrected chi connectivity index (χ1v) is 19.7. The van der Waals surface area contributed by atoms with E-state index < -0.39 is 0 Å². The van der Waals surface area contributed by atoms with Crippen LogP contribution < -0.4 is 0 Å². The van der Waals surface area contributed by atoms with Crippen LogP contribution in [0.5, 0.6) is 0 Å². The van der Waals surface area contributed by atoms with Gasteiger partial charge in [0.1, 0.15) is 6.10 Å². The van der Waals surface area contributed by atoms with Gasteiger partial charge in [0.2, 0.25) is 5.91 Å². The van der Waals surface area contributed by atoms with Crippen molar-refractivity contribution in [1.82, 2.24) is 9.88 Å². The molecule has 0 unspecified atom stereocenters. The lowest BCUT2D eigenvalue weighted by atomic mass is 9.47. The molecule has 0 aliphatic heterocycles. The minimum absolute atomic E-state index is 0.0127. The molecule has 1 aromatic heterocycles. The first-order valence-electron chi connectivity index (χ1n) is 19.7. The molecule has 0 radical (unpaired) electrons. The Morgan fingerprint density at radius 1 is 0.852 bits per heavy atom. The number of nitrogens with zero attached hydrogens (tertiary/aromatic N) is 2. The quantitative estimate of drug-likeness (QED) is 0.0664. The molecule has 4 aromatic rings. The van der Waals surface area contributed by atoms with Crippen molar-refractivity contribution in [2.45, 2.75) is 84.3 Å². The van der Waals surface area contributed by atoms with Crippen molar-refractivity contribution in [3.63, 3.8) is 0 Å². The summed E-state index contributed by atoms with van der Waals surface area (Å²) in [7, 11) is 0. The second kappa shape index (κ2) is 15.0. The fourth-order valence-corrected chi connectivity index (χ4v) is 10.7. The van der Waals surface area contributed by atoms with Crippen LogP contribution in [0, 0.1) is 28.6 Å². The summed E-state index contributed by atoms with van der Waals surface area (Å²) in [6.07, 6.45) is 15.9. The Morgan fingerprint density at radius 2 is 1.67 bits per heavy atom. The van der Waals surface area contributed by atoms with Crippen molar-refractivity contribution >= 4 is 34.7 Å². The highest BCUT2D eigenvalue weighted by molar-refractivity contribution is 5.96. The minimum atomic E-state index is -0.352. The molecule has 3 aromatic carbocycles. The van der Waals surface area contributed by atoms with Crippen molar-refractivity contribution < 1.29 is 23.9 Å². The molecule has 1 heterocycles. The molecule has 2 fully saturated rings. The SMILES string of the molecule is C[C@]12CC[C@H](OC(=O)CCC(=O)N(COC=O)Cc3ccc(-c4cccc5ccccc45)cc3)CC1=CC[C@@H]1[C@@H]2CC[C@]2(C)C(c3cccnc3)=CC[C@@H]12. The molecule has 0 spiro atoms. The maximum atomic E-state index is 13.4. The van der Waals surface area contributed by atoms with Gasteiger partial charge in [-0.3, -0.25) is 19.4 Å². The Balaban J connectivity index is 0.858. The first-order chi connectivity index (χ1) is 26.3.